The van der Waals surface area contributed by atoms with Gasteiger partial charge in [-0.05, 0) is 53.6 Å². The Morgan fingerprint density at radius 1 is 0.943 bits per heavy atom. The summed E-state index contributed by atoms with van der Waals surface area (Å²) in [7, 11) is -2.16. The predicted molar refractivity (Wildman–Crippen MR) is 134 cm³/mol. The standard InChI is InChI=1S/C27H26N2O5S/c1-4-29(5-2)35(31,32)24-14-12-22(13-15-24)27(30)34-25-16-11-20(18-26(25)33-3)17-23(19-28)21-9-7-6-8-10-21/h6-18H,4-5H2,1-3H3/b23-17-. The maximum Gasteiger partial charge on any atom is 0.343 e. The van der Waals surface area contributed by atoms with Crippen LogP contribution in [0.4, 0.5) is 0 Å². The van der Waals surface area contributed by atoms with Crippen LogP contribution in [0.25, 0.3) is 11.6 Å². The normalized spacial score (nSPS) is 11.7. The van der Waals surface area contributed by atoms with Gasteiger partial charge in [0.05, 0.1) is 29.2 Å². The van der Waals surface area contributed by atoms with Gasteiger partial charge in [-0.1, -0.05) is 50.2 Å². The van der Waals surface area contributed by atoms with E-state index in [1.807, 2.05) is 30.3 Å². The molecule has 35 heavy (non-hydrogen) atoms. The number of methoxy groups -OCH3 is 1. The Kier molecular flexibility index (Phi) is 8.42. The van der Waals surface area contributed by atoms with Crippen LogP contribution in [0.2, 0.25) is 0 Å². The third-order valence-electron chi connectivity index (χ3n) is 5.34. The minimum atomic E-state index is -3.62. The lowest BCUT2D eigenvalue weighted by atomic mass is 10.0. The van der Waals surface area contributed by atoms with Crippen LogP contribution < -0.4 is 9.47 Å². The molecule has 0 aromatic heterocycles. The fourth-order valence-electron chi connectivity index (χ4n) is 3.46. The van der Waals surface area contributed by atoms with Crippen LogP contribution in [0, 0.1) is 11.3 Å². The summed E-state index contributed by atoms with van der Waals surface area (Å²) in [5.74, 6) is -0.133. The van der Waals surface area contributed by atoms with E-state index in [4.69, 9.17) is 9.47 Å². The molecule has 0 aliphatic rings. The van der Waals surface area contributed by atoms with Gasteiger partial charge in [0, 0.05) is 13.1 Å². The second-order valence-corrected chi connectivity index (χ2v) is 9.39. The van der Waals surface area contributed by atoms with Crippen LogP contribution >= 0.6 is 0 Å². The number of esters is 1. The number of nitriles is 1. The summed E-state index contributed by atoms with van der Waals surface area (Å²) in [6.45, 7) is 4.25. The molecule has 0 N–H and O–H groups in total. The summed E-state index contributed by atoms with van der Waals surface area (Å²) in [5, 5.41) is 9.54. The molecule has 0 saturated heterocycles. The Morgan fingerprint density at radius 3 is 2.17 bits per heavy atom. The zero-order chi connectivity index (χ0) is 25.4. The minimum absolute atomic E-state index is 0.109. The lowest BCUT2D eigenvalue weighted by Crippen LogP contribution is -2.30. The van der Waals surface area contributed by atoms with Gasteiger partial charge in [-0.25, -0.2) is 13.2 Å². The van der Waals surface area contributed by atoms with Crippen molar-refractivity contribution in [3.05, 3.63) is 89.5 Å². The van der Waals surface area contributed by atoms with E-state index in [0.29, 0.717) is 30.0 Å². The van der Waals surface area contributed by atoms with E-state index in [1.54, 1.807) is 38.1 Å². The van der Waals surface area contributed by atoms with Gasteiger partial charge in [0.25, 0.3) is 0 Å². The molecular formula is C27H26N2O5S. The van der Waals surface area contributed by atoms with Crippen molar-refractivity contribution in [2.45, 2.75) is 18.7 Å². The van der Waals surface area contributed by atoms with Crippen molar-refractivity contribution in [1.29, 1.82) is 5.26 Å². The highest BCUT2D eigenvalue weighted by Crippen LogP contribution is 2.30. The Hall–Kier alpha value is -3.93. The van der Waals surface area contributed by atoms with Crippen molar-refractivity contribution in [3.8, 4) is 17.6 Å². The highest BCUT2D eigenvalue weighted by atomic mass is 32.2. The zero-order valence-electron chi connectivity index (χ0n) is 19.8. The lowest BCUT2D eigenvalue weighted by Gasteiger charge is -2.18. The Bertz CT molecular complexity index is 1350. The van der Waals surface area contributed by atoms with Crippen molar-refractivity contribution in [1.82, 2.24) is 4.31 Å². The van der Waals surface area contributed by atoms with Crippen molar-refractivity contribution >= 4 is 27.6 Å². The number of benzene rings is 3. The summed E-state index contributed by atoms with van der Waals surface area (Å²) >= 11 is 0. The number of ether oxygens (including phenoxy) is 2. The first-order chi connectivity index (χ1) is 16.8. The third kappa shape index (κ3) is 5.96. The Morgan fingerprint density at radius 2 is 1.60 bits per heavy atom. The molecule has 0 fully saturated rings. The van der Waals surface area contributed by atoms with E-state index in [9.17, 15) is 18.5 Å². The van der Waals surface area contributed by atoms with Crippen molar-refractivity contribution in [3.63, 3.8) is 0 Å². The first-order valence-corrected chi connectivity index (χ1v) is 12.5. The monoisotopic (exact) mass is 490 g/mol. The average molecular weight is 491 g/mol. The molecular weight excluding hydrogens is 464 g/mol. The van der Waals surface area contributed by atoms with Gasteiger partial charge in [0.15, 0.2) is 11.5 Å². The van der Waals surface area contributed by atoms with E-state index in [-0.39, 0.29) is 16.2 Å². The van der Waals surface area contributed by atoms with Crippen LogP contribution in [-0.2, 0) is 10.0 Å². The second-order valence-electron chi connectivity index (χ2n) is 7.45. The number of hydrogen-bond donors (Lipinski definition) is 0. The zero-order valence-corrected chi connectivity index (χ0v) is 20.6. The largest absolute Gasteiger partial charge is 0.493 e. The average Bonchev–Trinajstić information content (AvgIpc) is 2.89. The first kappa shape index (κ1) is 25.7. The van der Waals surface area contributed by atoms with Crippen molar-refractivity contribution in [2.24, 2.45) is 0 Å². The van der Waals surface area contributed by atoms with Crippen LogP contribution in [0.15, 0.2) is 77.7 Å². The number of rotatable bonds is 9. The molecule has 0 unspecified atom stereocenters. The minimum Gasteiger partial charge on any atom is -0.493 e. The van der Waals surface area contributed by atoms with Gasteiger partial charge in [-0.15, -0.1) is 0 Å². The molecule has 180 valence electrons. The summed E-state index contributed by atoms with van der Waals surface area (Å²) < 4.78 is 37.5. The maximum atomic E-state index is 12.7. The molecule has 7 nitrogen and oxygen atoms in total. The molecule has 3 rings (SSSR count). The van der Waals surface area contributed by atoms with Crippen LogP contribution in [-0.4, -0.2) is 38.9 Å². The highest BCUT2D eigenvalue weighted by Gasteiger charge is 2.22. The molecule has 0 saturated carbocycles. The summed E-state index contributed by atoms with van der Waals surface area (Å²) in [6, 6.07) is 22.1. The number of allylic oxidation sites excluding steroid dienone is 1. The molecule has 0 atom stereocenters. The van der Waals surface area contributed by atoms with Gasteiger partial charge in [0.2, 0.25) is 10.0 Å². The van der Waals surface area contributed by atoms with E-state index >= 15 is 0 Å². The Labute approximate surface area is 205 Å². The predicted octanol–water partition coefficient (Wildman–Crippen LogP) is 5.01. The van der Waals surface area contributed by atoms with Crippen LogP contribution in [0.3, 0.4) is 0 Å². The van der Waals surface area contributed by atoms with Crippen molar-refractivity contribution < 1.29 is 22.7 Å². The van der Waals surface area contributed by atoms with Crippen LogP contribution in [0.1, 0.15) is 35.3 Å². The molecule has 0 radical (unpaired) electrons. The lowest BCUT2D eigenvalue weighted by molar-refractivity contribution is 0.0729. The first-order valence-electron chi connectivity index (χ1n) is 11.0. The number of carbonyl (C=O) groups excluding carboxylic acids is 1. The summed E-state index contributed by atoms with van der Waals surface area (Å²) in [6.07, 6.45) is 1.72. The summed E-state index contributed by atoms with van der Waals surface area (Å²) in [4.78, 5) is 12.8. The molecule has 3 aromatic rings. The van der Waals surface area contributed by atoms with Gasteiger partial charge < -0.3 is 9.47 Å². The summed E-state index contributed by atoms with van der Waals surface area (Å²) in [5.41, 5.74) is 2.17. The van der Waals surface area contributed by atoms with Crippen LogP contribution in [0.5, 0.6) is 11.5 Å². The smallest absolute Gasteiger partial charge is 0.343 e. The fraction of sp³-hybridized carbons (Fsp3) is 0.185. The maximum absolute atomic E-state index is 12.7. The van der Waals surface area contributed by atoms with E-state index in [1.165, 1.54) is 35.7 Å². The molecule has 0 heterocycles. The third-order valence-corrected chi connectivity index (χ3v) is 7.40. The fourth-order valence-corrected chi connectivity index (χ4v) is 4.92. The van der Waals surface area contributed by atoms with Gasteiger partial charge in [0.1, 0.15) is 0 Å². The highest BCUT2D eigenvalue weighted by molar-refractivity contribution is 7.89. The molecule has 0 amide bonds. The number of hydrogen-bond acceptors (Lipinski definition) is 6. The molecule has 8 heteroatoms. The quantitative estimate of drug-likeness (QED) is 0.181. The van der Waals surface area contributed by atoms with Crippen molar-refractivity contribution in [2.75, 3.05) is 20.2 Å². The van der Waals surface area contributed by atoms with Gasteiger partial charge in [-0.3, -0.25) is 0 Å². The van der Waals surface area contributed by atoms with Gasteiger partial charge >= 0.3 is 5.97 Å². The molecule has 0 bridgehead atoms. The van der Waals surface area contributed by atoms with E-state index in [0.717, 1.165) is 5.56 Å². The Balaban J connectivity index is 1.81. The number of carbonyl (C=O) groups is 1. The van der Waals surface area contributed by atoms with E-state index in [2.05, 4.69) is 6.07 Å². The second kappa shape index (κ2) is 11.5. The molecule has 3 aromatic carbocycles. The van der Waals surface area contributed by atoms with E-state index < -0.39 is 16.0 Å². The molecule has 0 aliphatic carbocycles. The SMILES string of the molecule is CCN(CC)S(=O)(=O)c1ccc(C(=O)Oc2ccc(/C=C(/C#N)c3ccccc3)cc2OC)cc1. The topological polar surface area (TPSA) is 96.7 Å². The number of sulfonamides is 1. The number of nitrogens with zero attached hydrogens (tertiary/aromatic N) is 2. The van der Waals surface area contributed by atoms with Gasteiger partial charge in [-0.2, -0.15) is 9.57 Å². The molecule has 0 spiro atoms. The molecule has 0 aliphatic heterocycles.